The summed E-state index contributed by atoms with van der Waals surface area (Å²) in [7, 11) is 0. The highest BCUT2D eigenvalue weighted by atomic mass is 16.4. The van der Waals surface area contributed by atoms with Crippen LogP contribution in [-0.2, 0) is 38.4 Å². The molecule has 16 nitrogen and oxygen atoms in total. The third-order valence-corrected chi connectivity index (χ3v) is 4.79. The summed E-state index contributed by atoms with van der Waals surface area (Å²) < 4.78 is 0. The summed E-state index contributed by atoms with van der Waals surface area (Å²) in [5.74, 6) is -8.19. The van der Waals surface area contributed by atoms with E-state index in [0.717, 1.165) is 0 Å². The molecule has 0 spiro atoms. The van der Waals surface area contributed by atoms with Crippen molar-refractivity contribution in [1.82, 2.24) is 16.0 Å². The molecular weight excluding hydrogens is 488 g/mol. The zero-order valence-electron chi connectivity index (χ0n) is 19.2. The Labute approximate surface area is 204 Å². The second-order valence-electron chi connectivity index (χ2n) is 7.68. The van der Waals surface area contributed by atoms with E-state index in [9.17, 15) is 48.6 Å². The number of nitrogens with two attached hydrogens (primary N) is 1. The molecule has 0 saturated carbocycles. The number of nitrogens with one attached hydrogen (secondary N) is 3. The smallest absolute Gasteiger partial charge is 0.326 e. The predicted octanol–water partition coefficient (Wildman–Crippen LogP) is -2.57. The molecule has 0 aromatic carbocycles. The Morgan fingerprint density at radius 3 is 1.22 bits per heavy atom. The molecule has 0 fully saturated rings. The molecule has 36 heavy (non-hydrogen) atoms. The summed E-state index contributed by atoms with van der Waals surface area (Å²) in [6.07, 6.45) is -2.19. The van der Waals surface area contributed by atoms with Crippen LogP contribution in [0.5, 0.6) is 0 Å². The molecule has 0 aromatic heterocycles. The second kappa shape index (κ2) is 16.5. The molecule has 4 atom stereocenters. The lowest BCUT2D eigenvalue weighted by atomic mass is 10.1. The van der Waals surface area contributed by atoms with Crippen molar-refractivity contribution in [2.45, 2.75) is 75.5 Å². The highest BCUT2D eigenvalue weighted by molar-refractivity contribution is 5.87. The lowest BCUT2D eigenvalue weighted by molar-refractivity contribution is -0.144. The van der Waals surface area contributed by atoms with Gasteiger partial charge < -0.3 is 46.9 Å². The third-order valence-electron chi connectivity index (χ3n) is 4.79. The molecular formula is C20H30N4O12. The monoisotopic (exact) mass is 518 g/mol. The lowest BCUT2D eigenvalue weighted by Crippen LogP contribution is -2.45. The topological polar surface area (TPSA) is 280 Å². The maximum atomic E-state index is 12.1. The quantitative estimate of drug-likeness (QED) is 0.0817. The van der Waals surface area contributed by atoms with Crippen molar-refractivity contribution in [2.24, 2.45) is 5.73 Å². The number of hydrogen-bond acceptors (Lipinski definition) is 9. The number of aldehydes is 1. The van der Waals surface area contributed by atoms with Crippen LogP contribution < -0.4 is 21.7 Å². The highest BCUT2D eigenvalue weighted by Crippen LogP contribution is 2.05. The third kappa shape index (κ3) is 13.6. The van der Waals surface area contributed by atoms with Crippen LogP contribution >= 0.6 is 0 Å². The first-order valence-corrected chi connectivity index (χ1v) is 10.8. The molecule has 0 radical (unpaired) electrons. The zero-order chi connectivity index (χ0) is 27.8. The number of carbonyl (C=O) groups excluding carboxylic acids is 4. The molecule has 0 unspecified atom stereocenters. The fourth-order valence-electron chi connectivity index (χ4n) is 2.77. The van der Waals surface area contributed by atoms with E-state index in [4.69, 9.17) is 15.9 Å². The first kappa shape index (κ1) is 31.9. The van der Waals surface area contributed by atoms with Crippen LogP contribution in [0.4, 0.5) is 0 Å². The number of carbonyl (C=O) groups is 8. The van der Waals surface area contributed by atoms with Crippen LogP contribution in [0, 0.1) is 0 Å². The Kier molecular flexibility index (Phi) is 14.7. The van der Waals surface area contributed by atoms with Crippen LogP contribution in [-0.4, -0.2) is 92.5 Å². The van der Waals surface area contributed by atoms with Gasteiger partial charge in [-0.05, 0) is 25.7 Å². The van der Waals surface area contributed by atoms with Crippen molar-refractivity contribution in [2.75, 3.05) is 0 Å². The van der Waals surface area contributed by atoms with Gasteiger partial charge in [0.2, 0.25) is 17.7 Å². The van der Waals surface area contributed by atoms with Crippen molar-refractivity contribution in [3.8, 4) is 0 Å². The van der Waals surface area contributed by atoms with Crippen molar-refractivity contribution in [3.05, 3.63) is 0 Å². The fourth-order valence-corrected chi connectivity index (χ4v) is 2.77. The first-order valence-electron chi connectivity index (χ1n) is 10.8. The Hall–Kier alpha value is -4.08. The van der Waals surface area contributed by atoms with Crippen molar-refractivity contribution in [3.63, 3.8) is 0 Å². The van der Waals surface area contributed by atoms with Gasteiger partial charge in [-0.25, -0.2) is 14.4 Å². The minimum Gasteiger partial charge on any atom is -0.480 e. The van der Waals surface area contributed by atoms with E-state index >= 15 is 0 Å². The molecule has 0 aliphatic rings. The van der Waals surface area contributed by atoms with Crippen molar-refractivity contribution in [1.29, 1.82) is 0 Å². The summed E-state index contributed by atoms with van der Waals surface area (Å²) in [6.45, 7) is 0. The van der Waals surface area contributed by atoms with Crippen LogP contribution in [0.1, 0.15) is 51.4 Å². The largest absolute Gasteiger partial charge is 0.480 e. The van der Waals surface area contributed by atoms with Crippen LogP contribution in [0.2, 0.25) is 0 Å². The molecule has 0 saturated heterocycles. The molecule has 0 rings (SSSR count). The molecule has 0 bridgehead atoms. The Morgan fingerprint density at radius 2 is 0.917 bits per heavy atom. The number of carboxylic acid groups (broad SMARTS) is 4. The van der Waals surface area contributed by atoms with E-state index in [1.165, 1.54) is 0 Å². The van der Waals surface area contributed by atoms with Gasteiger partial charge in [-0.3, -0.25) is 19.2 Å². The van der Waals surface area contributed by atoms with Gasteiger partial charge in [-0.2, -0.15) is 0 Å². The first-order chi connectivity index (χ1) is 16.8. The van der Waals surface area contributed by atoms with Gasteiger partial charge in [0, 0.05) is 25.7 Å². The van der Waals surface area contributed by atoms with Gasteiger partial charge in [0.1, 0.15) is 30.5 Å². The molecule has 0 aliphatic heterocycles. The molecule has 9 N–H and O–H groups in total. The molecule has 3 amide bonds. The van der Waals surface area contributed by atoms with Gasteiger partial charge in [0.25, 0.3) is 0 Å². The van der Waals surface area contributed by atoms with Gasteiger partial charge >= 0.3 is 23.9 Å². The van der Waals surface area contributed by atoms with E-state index in [0.29, 0.717) is 6.29 Å². The molecule has 0 heterocycles. The number of rotatable bonds is 19. The van der Waals surface area contributed by atoms with Gasteiger partial charge in [0.15, 0.2) is 0 Å². The summed E-state index contributed by atoms with van der Waals surface area (Å²) in [6, 6.07) is -5.72. The zero-order valence-corrected chi connectivity index (χ0v) is 19.2. The minimum atomic E-state index is -1.54. The van der Waals surface area contributed by atoms with E-state index < -0.39 is 91.4 Å². The summed E-state index contributed by atoms with van der Waals surface area (Å²) in [5, 5.41) is 42.6. The predicted molar refractivity (Wildman–Crippen MR) is 117 cm³/mol. The lowest BCUT2D eigenvalue weighted by Gasteiger charge is -2.18. The molecule has 0 aliphatic carbocycles. The maximum Gasteiger partial charge on any atom is 0.326 e. The second-order valence-corrected chi connectivity index (χ2v) is 7.68. The van der Waals surface area contributed by atoms with Gasteiger partial charge in [-0.1, -0.05) is 0 Å². The van der Waals surface area contributed by atoms with E-state index in [2.05, 4.69) is 16.0 Å². The SMILES string of the molecule is N[C@H](CCC(=O)N[C@H](CCC(=O)N[C@H](CCC(=O)N[C@H](CCC=O)C(=O)O)C(=O)O)C(=O)O)C(=O)O. The maximum absolute atomic E-state index is 12.1. The van der Waals surface area contributed by atoms with Crippen molar-refractivity contribution >= 4 is 47.9 Å². The summed E-state index contributed by atoms with van der Waals surface area (Å²) in [4.78, 5) is 90.8. The number of hydrogen-bond donors (Lipinski definition) is 8. The Balaban J connectivity index is 4.75. The summed E-state index contributed by atoms with van der Waals surface area (Å²) in [5.41, 5.74) is 5.26. The van der Waals surface area contributed by atoms with Crippen LogP contribution in [0.3, 0.4) is 0 Å². The van der Waals surface area contributed by atoms with Crippen LogP contribution in [0.25, 0.3) is 0 Å². The molecule has 202 valence electrons. The van der Waals surface area contributed by atoms with E-state index in [-0.39, 0.29) is 25.7 Å². The standard InChI is InChI=1S/C20H30N4O12/c21-10(17(29)30)3-6-14(26)23-12(19(33)34)5-8-16(28)24-13(20(35)36)4-7-15(27)22-11(18(31)32)2-1-9-25/h9-13H,1-8,21H2,(H,22,27)(H,23,26)(H,24,28)(H,29,30)(H,31,32)(H,33,34)(H,35,36)/t10-,11-,12-,13-/m1/s1. The number of aliphatic carboxylic acids is 4. The average Bonchev–Trinajstić information content (AvgIpc) is 2.79. The molecule has 16 heteroatoms. The Bertz CT molecular complexity index is 847. The van der Waals surface area contributed by atoms with Gasteiger partial charge in [-0.15, -0.1) is 0 Å². The Morgan fingerprint density at radius 1 is 0.583 bits per heavy atom. The van der Waals surface area contributed by atoms with E-state index in [1.54, 1.807) is 0 Å². The van der Waals surface area contributed by atoms with Crippen molar-refractivity contribution < 1.29 is 58.8 Å². The van der Waals surface area contributed by atoms with Crippen LogP contribution in [0.15, 0.2) is 0 Å². The average molecular weight is 518 g/mol. The summed E-state index contributed by atoms with van der Waals surface area (Å²) >= 11 is 0. The van der Waals surface area contributed by atoms with Gasteiger partial charge in [0.05, 0.1) is 0 Å². The number of amides is 3. The minimum absolute atomic E-state index is 0.112. The van der Waals surface area contributed by atoms with E-state index in [1.807, 2.05) is 0 Å². The normalized spacial score (nSPS) is 13.8. The molecule has 0 aromatic rings. The number of carboxylic acids is 4. The highest BCUT2D eigenvalue weighted by Gasteiger charge is 2.26. The fraction of sp³-hybridized carbons (Fsp3) is 0.600.